The van der Waals surface area contributed by atoms with Crippen molar-refractivity contribution in [3.8, 4) is 0 Å². The van der Waals surface area contributed by atoms with Gasteiger partial charge in [0, 0.05) is 23.6 Å². The zero-order chi connectivity index (χ0) is 17.1. The number of nitrogens with one attached hydrogen (secondary N) is 2. The first-order valence-corrected chi connectivity index (χ1v) is 7.85. The summed E-state index contributed by atoms with van der Waals surface area (Å²) in [6.45, 7) is 2.14. The Balaban J connectivity index is 1.63. The van der Waals surface area contributed by atoms with E-state index in [1.807, 2.05) is 12.1 Å². The Labute approximate surface area is 142 Å². The number of amides is 1. The van der Waals surface area contributed by atoms with E-state index >= 15 is 0 Å². The molecule has 0 radical (unpaired) electrons. The number of H-pyrrole nitrogens is 1. The number of aromatic nitrogens is 4. The molecule has 1 aromatic carbocycles. The smallest absolute Gasteiger partial charge is 0.277 e. The van der Waals surface area contributed by atoms with Crippen molar-refractivity contribution in [1.29, 1.82) is 0 Å². The minimum absolute atomic E-state index is 0.136. The van der Waals surface area contributed by atoms with Crippen molar-refractivity contribution < 1.29 is 4.79 Å². The molecule has 3 aromatic rings. The summed E-state index contributed by atoms with van der Waals surface area (Å²) in [4.78, 5) is 32.6. The number of hydrogen-bond acceptors (Lipinski definition) is 4. The van der Waals surface area contributed by atoms with Crippen molar-refractivity contribution in [3.63, 3.8) is 0 Å². The van der Waals surface area contributed by atoms with Gasteiger partial charge in [0.2, 0.25) is 5.91 Å². The van der Waals surface area contributed by atoms with Gasteiger partial charge in [-0.2, -0.15) is 4.52 Å². The van der Waals surface area contributed by atoms with Gasteiger partial charge >= 0.3 is 0 Å². The fourth-order valence-electron chi connectivity index (χ4n) is 2.46. The van der Waals surface area contributed by atoms with E-state index < -0.39 is 0 Å². The highest BCUT2D eigenvalue weighted by molar-refractivity contribution is 6.30. The molecule has 0 saturated carbocycles. The molecule has 2 heterocycles. The van der Waals surface area contributed by atoms with Crippen molar-refractivity contribution in [2.45, 2.75) is 26.3 Å². The van der Waals surface area contributed by atoms with E-state index in [9.17, 15) is 9.59 Å². The zero-order valence-corrected chi connectivity index (χ0v) is 13.8. The highest BCUT2D eigenvalue weighted by Crippen LogP contribution is 2.10. The van der Waals surface area contributed by atoms with Gasteiger partial charge in [0.25, 0.3) is 11.3 Å². The van der Waals surface area contributed by atoms with Gasteiger partial charge in [-0.1, -0.05) is 23.7 Å². The normalized spacial score (nSPS) is 10.9. The van der Waals surface area contributed by atoms with Crippen molar-refractivity contribution in [2.75, 3.05) is 0 Å². The molecular weight excluding hydrogens is 330 g/mol. The first-order chi connectivity index (χ1) is 11.5. The van der Waals surface area contributed by atoms with Crippen LogP contribution in [0.15, 0.2) is 35.4 Å². The summed E-state index contributed by atoms with van der Waals surface area (Å²) in [6.07, 6.45) is 1.93. The maximum Gasteiger partial charge on any atom is 0.277 e. The Morgan fingerprint density at radius 3 is 3.04 bits per heavy atom. The van der Waals surface area contributed by atoms with Gasteiger partial charge in [-0.05, 0) is 31.0 Å². The molecule has 7 nitrogen and oxygen atoms in total. The van der Waals surface area contributed by atoms with Crippen molar-refractivity contribution in [2.24, 2.45) is 0 Å². The van der Waals surface area contributed by atoms with Crippen molar-refractivity contribution in [3.05, 3.63) is 62.8 Å². The predicted octanol–water partition coefficient (Wildman–Crippen LogP) is 1.63. The minimum Gasteiger partial charge on any atom is -0.352 e. The summed E-state index contributed by atoms with van der Waals surface area (Å²) < 4.78 is 1.27. The van der Waals surface area contributed by atoms with Crippen LogP contribution < -0.4 is 10.9 Å². The molecular formula is C16H16ClN5O2. The largest absolute Gasteiger partial charge is 0.352 e. The van der Waals surface area contributed by atoms with Gasteiger partial charge in [0.15, 0.2) is 0 Å². The number of aromatic amines is 1. The summed E-state index contributed by atoms with van der Waals surface area (Å²) in [5.74, 6) is 0.190. The van der Waals surface area contributed by atoms with E-state index in [1.54, 1.807) is 19.1 Å². The molecule has 0 unspecified atom stereocenters. The lowest BCUT2D eigenvalue weighted by Crippen LogP contribution is -2.26. The first-order valence-electron chi connectivity index (χ1n) is 7.47. The lowest BCUT2D eigenvalue weighted by molar-refractivity contribution is -0.121. The Hall–Kier alpha value is -2.67. The SMILES string of the molecule is Cc1nc2nc[nH]n2c(=O)c1CCC(=O)NCc1cccc(Cl)c1. The number of rotatable bonds is 5. The number of carbonyl (C=O) groups excluding carboxylic acids is 1. The summed E-state index contributed by atoms with van der Waals surface area (Å²) in [6, 6.07) is 7.30. The molecule has 0 spiro atoms. The highest BCUT2D eigenvalue weighted by Gasteiger charge is 2.12. The summed E-state index contributed by atoms with van der Waals surface area (Å²) >= 11 is 5.91. The second-order valence-electron chi connectivity index (χ2n) is 5.41. The molecule has 0 bridgehead atoms. The second kappa shape index (κ2) is 6.84. The molecule has 0 aliphatic heterocycles. The Bertz CT molecular complexity index is 947. The molecule has 0 aliphatic carbocycles. The predicted molar refractivity (Wildman–Crippen MR) is 90.0 cm³/mol. The number of halogens is 1. The summed E-state index contributed by atoms with van der Waals surface area (Å²) in [5.41, 5.74) is 1.80. The Morgan fingerprint density at radius 2 is 2.25 bits per heavy atom. The molecule has 0 aliphatic rings. The van der Waals surface area contributed by atoms with Crippen LogP contribution in [0.1, 0.15) is 23.2 Å². The van der Waals surface area contributed by atoms with Crippen LogP contribution in [0.4, 0.5) is 0 Å². The monoisotopic (exact) mass is 345 g/mol. The average molecular weight is 346 g/mol. The molecule has 1 amide bonds. The molecule has 2 aromatic heterocycles. The summed E-state index contributed by atoms with van der Waals surface area (Å²) in [7, 11) is 0. The van der Waals surface area contributed by atoms with E-state index in [0.29, 0.717) is 35.0 Å². The third-order valence-electron chi connectivity index (χ3n) is 3.71. The fraction of sp³-hybridized carbons (Fsp3) is 0.250. The lowest BCUT2D eigenvalue weighted by atomic mass is 10.1. The van der Waals surface area contributed by atoms with Crippen LogP contribution in [0.5, 0.6) is 0 Å². The van der Waals surface area contributed by atoms with Crippen LogP contribution in [0.25, 0.3) is 5.78 Å². The standard InChI is InChI=1S/C16H16ClN5O2/c1-10-13(15(24)22-16(21-10)19-9-20-22)5-6-14(23)18-8-11-3-2-4-12(17)7-11/h2-4,7,9H,5-6,8H2,1H3,(H,18,23)(H,19,20,21). The second-order valence-corrected chi connectivity index (χ2v) is 5.85. The first kappa shape index (κ1) is 16.2. The third kappa shape index (κ3) is 3.46. The average Bonchev–Trinajstić information content (AvgIpc) is 3.01. The molecule has 2 N–H and O–H groups in total. The van der Waals surface area contributed by atoms with E-state index in [0.717, 1.165) is 5.56 Å². The quantitative estimate of drug-likeness (QED) is 0.735. The Kier molecular flexibility index (Phi) is 4.61. The zero-order valence-electron chi connectivity index (χ0n) is 13.0. The van der Waals surface area contributed by atoms with Gasteiger partial charge in [-0.25, -0.2) is 9.97 Å². The number of benzene rings is 1. The highest BCUT2D eigenvalue weighted by atomic mass is 35.5. The third-order valence-corrected chi connectivity index (χ3v) is 3.95. The van der Waals surface area contributed by atoms with Crippen LogP contribution in [0, 0.1) is 6.92 Å². The van der Waals surface area contributed by atoms with E-state index in [1.165, 1.54) is 10.8 Å². The molecule has 8 heteroatoms. The summed E-state index contributed by atoms with van der Waals surface area (Å²) in [5, 5.41) is 6.16. The van der Waals surface area contributed by atoms with Crippen LogP contribution in [-0.2, 0) is 17.8 Å². The van der Waals surface area contributed by atoms with Crippen molar-refractivity contribution in [1.82, 2.24) is 24.9 Å². The van der Waals surface area contributed by atoms with Crippen LogP contribution in [0.3, 0.4) is 0 Å². The lowest BCUT2D eigenvalue weighted by Gasteiger charge is -2.07. The number of nitrogens with zero attached hydrogens (tertiary/aromatic N) is 3. The van der Waals surface area contributed by atoms with E-state index in [4.69, 9.17) is 11.6 Å². The van der Waals surface area contributed by atoms with Gasteiger partial charge in [0.1, 0.15) is 6.33 Å². The molecule has 0 saturated heterocycles. The van der Waals surface area contributed by atoms with Gasteiger partial charge in [0.05, 0.1) is 5.69 Å². The molecule has 0 fully saturated rings. The van der Waals surface area contributed by atoms with Crippen LogP contribution >= 0.6 is 11.6 Å². The van der Waals surface area contributed by atoms with Crippen LogP contribution in [-0.4, -0.2) is 25.5 Å². The Morgan fingerprint density at radius 1 is 1.42 bits per heavy atom. The minimum atomic E-state index is -0.224. The fourth-order valence-corrected chi connectivity index (χ4v) is 2.67. The van der Waals surface area contributed by atoms with Crippen molar-refractivity contribution >= 4 is 23.3 Å². The number of carbonyl (C=O) groups is 1. The number of fused-ring (bicyclic) bond motifs is 1. The van der Waals surface area contributed by atoms with Gasteiger partial charge in [-0.3, -0.25) is 14.7 Å². The molecule has 3 rings (SSSR count). The maximum absolute atomic E-state index is 12.3. The topological polar surface area (TPSA) is 92.2 Å². The maximum atomic E-state index is 12.3. The van der Waals surface area contributed by atoms with E-state index in [-0.39, 0.29) is 17.9 Å². The molecule has 124 valence electrons. The molecule has 24 heavy (non-hydrogen) atoms. The van der Waals surface area contributed by atoms with Gasteiger partial charge in [-0.15, -0.1) is 0 Å². The van der Waals surface area contributed by atoms with Gasteiger partial charge < -0.3 is 5.32 Å². The number of hydrogen-bond donors (Lipinski definition) is 2. The van der Waals surface area contributed by atoms with E-state index in [2.05, 4.69) is 20.4 Å². The number of aryl methyl sites for hydroxylation is 1. The van der Waals surface area contributed by atoms with Crippen LogP contribution in [0.2, 0.25) is 5.02 Å². The molecule has 0 atom stereocenters.